The molecule has 0 saturated heterocycles. The molecular weight excluding hydrogens is 265 g/mol. The van der Waals surface area contributed by atoms with Crippen molar-refractivity contribution in [2.75, 3.05) is 26.9 Å². The lowest BCUT2D eigenvalue weighted by atomic mass is 10.2. The molecule has 0 fully saturated rings. The van der Waals surface area contributed by atoms with Crippen LogP contribution in [0, 0.1) is 11.8 Å². The first-order valence-corrected chi connectivity index (χ1v) is 7.52. The van der Waals surface area contributed by atoms with Crippen molar-refractivity contribution in [3.63, 3.8) is 0 Å². The van der Waals surface area contributed by atoms with Crippen LogP contribution >= 0.6 is 7.60 Å². The van der Waals surface area contributed by atoms with E-state index >= 15 is 0 Å². The Labute approximate surface area is 113 Å². The number of methoxy groups -OCH3 is 1. The summed E-state index contributed by atoms with van der Waals surface area (Å²) >= 11 is 0. The normalized spacial score (nSPS) is 11.0. The van der Waals surface area contributed by atoms with Gasteiger partial charge in [-0.2, -0.15) is 0 Å². The molecule has 0 radical (unpaired) electrons. The van der Waals surface area contributed by atoms with Gasteiger partial charge in [-0.05, 0) is 24.7 Å². The standard InChI is InChI=1S/C13H18NO4P/c1-14(8-3-4-9-19(15,16)17)11-12-6-5-7-13(10-12)18-2/h5-7,10H,8-9,11H2,1-2H3,(H2,15,16,17). The van der Waals surface area contributed by atoms with Gasteiger partial charge in [-0.15, -0.1) is 0 Å². The van der Waals surface area contributed by atoms with Crippen LogP contribution in [0.4, 0.5) is 0 Å². The summed E-state index contributed by atoms with van der Waals surface area (Å²) in [6, 6.07) is 7.73. The summed E-state index contributed by atoms with van der Waals surface area (Å²) in [5.41, 5.74) is 1.10. The van der Waals surface area contributed by atoms with Gasteiger partial charge >= 0.3 is 7.60 Å². The Balaban J connectivity index is 2.46. The maximum absolute atomic E-state index is 10.6. The fourth-order valence-corrected chi connectivity index (χ4v) is 1.81. The van der Waals surface area contributed by atoms with Crippen molar-refractivity contribution in [2.45, 2.75) is 6.54 Å². The molecule has 0 amide bonds. The topological polar surface area (TPSA) is 70.0 Å². The molecule has 0 spiro atoms. The van der Waals surface area contributed by atoms with Crippen molar-refractivity contribution in [1.29, 1.82) is 0 Å². The average Bonchev–Trinajstić information content (AvgIpc) is 2.34. The second-order valence-corrected chi connectivity index (χ2v) is 5.85. The molecule has 0 saturated carbocycles. The molecule has 0 atom stereocenters. The Bertz CT molecular complexity index is 515. The van der Waals surface area contributed by atoms with Gasteiger partial charge in [0.1, 0.15) is 11.9 Å². The van der Waals surface area contributed by atoms with Crippen LogP contribution in [0.3, 0.4) is 0 Å². The van der Waals surface area contributed by atoms with Gasteiger partial charge in [0.2, 0.25) is 0 Å². The van der Waals surface area contributed by atoms with Crippen LogP contribution in [0.15, 0.2) is 24.3 Å². The Morgan fingerprint density at radius 1 is 1.37 bits per heavy atom. The molecule has 0 bridgehead atoms. The monoisotopic (exact) mass is 283 g/mol. The minimum absolute atomic E-state index is 0.389. The molecule has 0 aliphatic rings. The van der Waals surface area contributed by atoms with Crippen LogP contribution in [0.1, 0.15) is 5.56 Å². The third-order valence-corrected chi connectivity index (χ3v) is 2.92. The molecule has 104 valence electrons. The number of nitrogens with zero attached hydrogens (tertiary/aromatic N) is 1. The molecule has 0 aromatic heterocycles. The lowest BCUT2D eigenvalue weighted by Gasteiger charge is -2.13. The number of ether oxygens (including phenoxy) is 1. The highest BCUT2D eigenvalue weighted by Crippen LogP contribution is 2.32. The zero-order valence-corrected chi connectivity index (χ0v) is 11.9. The molecule has 0 aliphatic carbocycles. The van der Waals surface area contributed by atoms with Gasteiger partial charge in [0.15, 0.2) is 0 Å². The van der Waals surface area contributed by atoms with Gasteiger partial charge in [0.05, 0.1) is 13.7 Å². The largest absolute Gasteiger partial charge is 0.497 e. The molecule has 0 aliphatic heterocycles. The molecule has 1 rings (SSSR count). The minimum Gasteiger partial charge on any atom is -0.497 e. The van der Waals surface area contributed by atoms with E-state index in [-0.39, 0.29) is 6.16 Å². The molecule has 0 unspecified atom stereocenters. The molecule has 1 aromatic rings. The van der Waals surface area contributed by atoms with Crippen LogP contribution in [0.5, 0.6) is 5.75 Å². The lowest BCUT2D eigenvalue weighted by Crippen LogP contribution is -2.17. The van der Waals surface area contributed by atoms with Crippen molar-refractivity contribution in [2.24, 2.45) is 0 Å². The first-order chi connectivity index (χ1) is 8.90. The molecule has 6 heteroatoms. The quantitative estimate of drug-likeness (QED) is 0.630. The third kappa shape index (κ3) is 7.00. The summed E-state index contributed by atoms with van der Waals surface area (Å²) in [5.74, 6) is 6.03. The summed E-state index contributed by atoms with van der Waals surface area (Å²) in [6.07, 6.45) is -0.389. The van der Waals surface area contributed by atoms with Gasteiger partial charge in [-0.1, -0.05) is 24.0 Å². The molecule has 5 nitrogen and oxygen atoms in total. The van der Waals surface area contributed by atoms with Crippen molar-refractivity contribution < 1.29 is 19.1 Å². The molecular formula is C13H18NO4P. The lowest BCUT2D eigenvalue weighted by molar-refractivity contribution is 0.366. The summed E-state index contributed by atoms with van der Waals surface area (Å²) < 4.78 is 15.7. The van der Waals surface area contributed by atoms with Gasteiger partial charge in [0, 0.05) is 6.54 Å². The zero-order chi connectivity index (χ0) is 14.3. The second kappa shape index (κ2) is 7.32. The molecule has 19 heavy (non-hydrogen) atoms. The van der Waals surface area contributed by atoms with E-state index in [2.05, 4.69) is 11.8 Å². The van der Waals surface area contributed by atoms with Crippen molar-refractivity contribution in [3.05, 3.63) is 29.8 Å². The number of hydrogen-bond acceptors (Lipinski definition) is 3. The predicted octanol–water partition coefficient (Wildman–Crippen LogP) is 1.31. The van der Waals surface area contributed by atoms with E-state index in [1.807, 2.05) is 36.2 Å². The van der Waals surface area contributed by atoms with Crippen molar-refractivity contribution in [3.8, 4) is 17.6 Å². The summed E-state index contributed by atoms with van der Waals surface area (Å²) in [4.78, 5) is 19.3. The molecule has 1 aromatic carbocycles. The van der Waals surface area contributed by atoms with E-state index in [1.54, 1.807) is 7.11 Å². The van der Waals surface area contributed by atoms with E-state index in [4.69, 9.17) is 14.5 Å². The van der Waals surface area contributed by atoms with Gasteiger partial charge in [-0.3, -0.25) is 9.46 Å². The maximum atomic E-state index is 10.6. The van der Waals surface area contributed by atoms with E-state index in [1.165, 1.54) is 0 Å². The molecule has 2 N–H and O–H groups in total. The van der Waals surface area contributed by atoms with E-state index in [0.29, 0.717) is 13.1 Å². The maximum Gasteiger partial charge on any atom is 0.337 e. The Morgan fingerprint density at radius 2 is 2.11 bits per heavy atom. The van der Waals surface area contributed by atoms with Gasteiger partial charge in [0.25, 0.3) is 0 Å². The van der Waals surface area contributed by atoms with Gasteiger partial charge < -0.3 is 14.5 Å². The predicted molar refractivity (Wildman–Crippen MR) is 74.0 cm³/mol. The van der Waals surface area contributed by atoms with Crippen LogP contribution in [0.25, 0.3) is 0 Å². The minimum atomic E-state index is -4.01. The number of benzene rings is 1. The SMILES string of the molecule is COc1cccc(CN(C)CC#CCP(=O)(O)O)c1. The van der Waals surface area contributed by atoms with E-state index in [0.717, 1.165) is 11.3 Å². The summed E-state index contributed by atoms with van der Waals surface area (Å²) in [5, 5.41) is 0. The zero-order valence-electron chi connectivity index (χ0n) is 11.0. The second-order valence-electron chi connectivity index (χ2n) is 4.20. The van der Waals surface area contributed by atoms with Crippen molar-refractivity contribution >= 4 is 7.60 Å². The average molecular weight is 283 g/mol. The highest BCUT2D eigenvalue weighted by molar-refractivity contribution is 7.52. The van der Waals surface area contributed by atoms with Crippen LogP contribution in [-0.4, -0.2) is 41.6 Å². The fraction of sp³-hybridized carbons (Fsp3) is 0.385. The fourth-order valence-electron chi connectivity index (χ4n) is 1.49. The first-order valence-electron chi connectivity index (χ1n) is 5.72. The Morgan fingerprint density at radius 3 is 2.74 bits per heavy atom. The van der Waals surface area contributed by atoms with Crippen molar-refractivity contribution in [1.82, 2.24) is 4.90 Å². The van der Waals surface area contributed by atoms with Crippen LogP contribution in [-0.2, 0) is 11.1 Å². The Kier molecular flexibility index (Phi) is 6.07. The smallest absolute Gasteiger partial charge is 0.337 e. The van der Waals surface area contributed by atoms with Crippen LogP contribution in [0.2, 0.25) is 0 Å². The number of hydrogen-bond donors (Lipinski definition) is 2. The van der Waals surface area contributed by atoms with E-state index < -0.39 is 7.60 Å². The summed E-state index contributed by atoms with van der Waals surface area (Å²) in [7, 11) is -0.496. The highest BCUT2D eigenvalue weighted by atomic mass is 31.2. The number of rotatable bonds is 5. The third-order valence-electron chi connectivity index (χ3n) is 2.35. The van der Waals surface area contributed by atoms with Gasteiger partial charge in [-0.25, -0.2) is 0 Å². The highest BCUT2D eigenvalue weighted by Gasteiger charge is 2.08. The van der Waals surface area contributed by atoms with E-state index in [9.17, 15) is 4.57 Å². The van der Waals surface area contributed by atoms with Crippen LogP contribution < -0.4 is 4.74 Å². The first kappa shape index (κ1) is 15.7. The summed E-state index contributed by atoms with van der Waals surface area (Å²) in [6.45, 7) is 1.15. The Hall–Kier alpha value is -1.31. The molecule has 0 heterocycles.